The predicted molar refractivity (Wildman–Crippen MR) is 69.8 cm³/mol. The Bertz CT molecular complexity index is 566. The summed E-state index contributed by atoms with van der Waals surface area (Å²) >= 11 is 0. The van der Waals surface area contributed by atoms with Crippen molar-refractivity contribution in [3.05, 3.63) is 35.4 Å². The first-order chi connectivity index (χ1) is 9.19. The monoisotopic (exact) mass is 307 g/mol. The summed E-state index contributed by atoms with van der Waals surface area (Å²) < 4.78 is 60.6. The number of halogens is 3. The molecular formula is C13H16F3NO2S. The molecule has 1 aromatic carbocycles. The van der Waals surface area contributed by atoms with Crippen molar-refractivity contribution >= 4 is 9.84 Å². The van der Waals surface area contributed by atoms with Gasteiger partial charge in [0.15, 0.2) is 9.84 Å². The smallest absolute Gasteiger partial charge is 0.324 e. The molecule has 1 aliphatic heterocycles. The van der Waals surface area contributed by atoms with Crippen molar-refractivity contribution in [1.29, 1.82) is 0 Å². The molecule has 2 unspecified atom stereocenters. The number of nitrogens with two attached hydrogens (primary N) is 1. The molecule has 2 rings (SSSR count). The fourth-order valence-electron chi connectivity index (χ4n) is 2.51. The highest BCUT2D eigenvalue weighted by atomic mass is 32.2. The maximum Gasteiger partial charge on any atom is 0.416 e. The Hall–Kier alpha value is -1.08. The number of alkyl halides is 3. The molecule has 1 aliphatic rings. The van der Waals surface area contributed by atoms with Crippen LogP contribution in [0.5, 0.6) is 0 Å². The van der Waals surface area contributed by atoms with Crippen LogP contribution in [0.3, 0.4) is 0 Å². The van der Waals surface area contributed by atoms with Crippen LogP contribution in [0.25, 0.3) is 0 Å². The van der Waals surface area contributed by atoms with Crippen molar-refractivity contribution in [1.82, 2.24) is 0 Å². The van der Waals surface area contributed by atoms with Gasteiger partial charge in [-0.2, -0.15) is 13.2 Å². The number of hydrogen-bond donors (Lipinski definition) is 1. The minimum absolute atomic E-state index is 0.00912. The van der Waals surface area contributed by atoms with Gasteiger partial charge in [-0.05, 0) is 36.5 Å². The largest absolute Gasteiger partial charge is 0.416 e. The molecule has 0 saturated carbocycles. The first kappa shape index (κ1) is 15.3. The van der Waals surface area contributed by atoms with Crippen LogP contribution in [0.4, 0.5) is 13.2 Å². The molecule has 112 valence electrons. The predicted octanol–water partition coefficient (Wildman–Crippen LogP) is 2.53. The molecule has 1 fully saturated rings. The second-order valence-corrected chi connectivity index (χ2v) is 7.39. The van der Waals surface area contributed by atoms with E-state index in [9.17, 15) is 21.6 Å². The van der Waals surface area contributed by atoms with E-state index in [0.29, 0.717) is 18.4 Å². The van der Waals surface area contributed by atoms with Gasteiger partial charge in [0.25, 0.3) is 0 Å². The number of benzene rings is 1. The average molecular weight is 307 g/mol. The van der Waals surface area contributed by atoms with Crippen molar-refractivity contribution in [3.63, 3.8) is 0 Å². The minimum Gasteiger partial charge on any atom is -0.324 e. The van der Waals surface area contributed by atoms with Crippen LogP contribution in [0.1, 0.15) is 30.0 Å². The topological polar surface area (TPSA) is 60.2 Å². The fourth-order valence-corrected chi connectivity index (χ4v) is 4.31. The molecule has 3 nitrogen and oxygen atoms in total. The molecule has 0 bridgehead atoms. The highest BCUT2D eigenvalue weighted by Crippen LogP contribution is 2.32. The summed E-state index contributed by atoms with van der Waals surface area (Å²) in [5, 5.41) is 0. The molecule has 0 spiro atoms. The second-order valence-electron chi connectivity index (χ2n) is 5.16. The Labute approximate surface area is 115 Å². The van der Waals surface area contributed by atoms with E-state index in [4.69, 9.17) is 5.73 Å². The van der Waals surface area contributed by atoms with Crippen LogP contribution in [0.15, 0.2) is 24.3 Å². The number of hydrogen-bond acceptors (Lipinski definition) is 3. The van der Waals surface area contributed by atoms with E-state index in [-0.39, 0.29) is 17.4 Å². The van der Waals surface area contributed by atoms with Crippen molar-refractivity contribution in [2.24, 2.45) is 11.7 Å². The van der Waals surface area contributed by atoms with E-state index in [1.807, 2.05) is 0 Å². The first-order valence-corrected chi connectivity index (χ1v) is 8.14. The van der Waals surface area contributed by atoms with Gasteiger partial charge in [-0.3, -0.25) is 0 Å². The Morgan fingerprint density at radius 1 is 1.20 bits per heavy atom. The molecule has 0 aliphatic carbocycles. The van der Waals surface area contributed by atoms with Crippen LogP contribution in [0, 0.1) is 5.92 Å². The summed E-state index contributed by atoms with van der Waals surface area (Å²) in [6.45, 7) is 0. The van der Waals surface area contributed by atoms with Gasteiger partial charge in [-0.1, -0.05) is 12.1 Å². The summed E-state index contributed by atoms with van der Waals surface area (Å²) in [6.07, 6.45) is -3.14. The quantitative estimate of drug-likeness (QED) is 0.913. The highest BCUT2D eigenvalue weighted by Gasteiger charge is 2.32. The molecule has 1 saturated heterocycles. The van der Waals surface area contributed by atoms with Gasteiger partial charge in [0.2, 0.25) is 0 Å². The van der Waals surface area contributed by atoms with E-state index >= 15 is 0 Å². The van der Waals surface area contributed by atoms with Crippen LogP contribution in [-0.2, 0) is 16.0 Å². The first-order valence-electron chi connectivity index (χ1n) is 6.32. The maximum atomic E-state index is 12.5. The zero-order chi connectivity index (χ0) is 15.0. The highest BCUT2D eigenvalue weighted by molar-refractivity contribution is 7.91. The molecule has 20 heavy (non-hydrogen) atoms. The lowest BCUT2D eigenvalue weighted by Gasteiger charge is -2.27. The fraction of sp³-hybridized carbons (Fsp3) is 0.538. The summed E-state index contributed by atoms with van der Waals surface area (Å²) in [7, 11) is -3.08. The summed E-state index contributed by atoms with van der Waals surface area (Å²) in [6, 6.07) is 4.06. The van der Waals surface area contributed by atoms with Crippen LogP contribution < -0.4 is 5.73 Å². The lowest BCUT2D eigenvalue weighted by atomic mass is 9.91. The summed E-state index contributed by atoms with van der Waals surface area (Å²) in [5.74, 6) is -0.0520. The third kappa shape index (κ3) is 3.52. The third-order valence-corrected chi connectivity index (χ3v) is 5.48. The zero-order valence-electron chi connectivity index (χ0n) is 10.7. The van der Waals surface area contributed by atoms with Gasteiger partial charge in [-0.25, -0.2) is 8.42 Å². The molecular weight excluding hydrogens is 291 g/mol. The van der Waals surface area contributed by atoms with Crippen LogP contribution in [-0.4, -0.2) is 19.9 Å². The van der Waals surface area contributed by atoms with E-state index in [0.717, 1.165) is 12.1 Å². The summed E-state index contributed by atoms with van der Waals surface area (Å²) in [5.41, 5.74) is 5.81. The Morgan fingerprint density at radius 3 is 2.30 bits per heavy atom. The van der Waals surface area contributed by atoms with E-state index in [1.54, 1.807) is 0 Å². The van der Waals surface area contributed by atoms with Gasteiger partial charge in [-0.15, -0.1) is 0 Å². The molecule has 0 amide bonds. The van der Waals surface area contributed by atoms with Gasteiger partial charge >= 0.3 is 6.18 Å². The SMILES string of the molecule is NC(c1ccc(C(F)(F)F)cc1)C1CCCS(=O)(=O)C1. The lowest BCUT2D eigenvalue weighted by Crippen LogP contribution is -2.33. The normalized spacial score (nSPS) is 24.3. The van der Waals surface area contributed by atoms with E-state index < -0.39 is 27.6 Å². The molecule has 7 heteroatoms. The Balaban J connectivity index is 2.15. The maximum absolute atomic E-state index is 12.5. The number of rotatable bonds is 2. The summed E-state index contributed by atoms with van der Waals surface area (Å²) in [4.78, 5) is 0. The molecule has 2 N–H and O–H groups in total. The van der Waals surface area contributed by atoms with Gasteiger partial charge in [0, 0.05) is 6.04 Å². The molecule has 1 heterocycles. The lowest BCUT2D eigenvalue weighted by molar-refractivity contribution is -0.137. The van der Waals surface area contributed by atoms with Crippen molar-refractivity contribution in [2.45, 2.75) is 25.1 Å². The molecule has 0 radical (unpaired) electrons. The van der Waals surface area contributed by atoms with Crippen LogP contribution >= 0.6 is 0 Å². The third-order valence-electron chi connectivity index (χ3n) is 3.63. The molecule has 2 atom stereocenters. The van der Waals surface area contributed by atoms with Crippen molar-refractivity contribution in [2.75, 3.05) is 11.5 Å². The van der Waals surface area contributed by atoms with Gasteiger partial charge in [0.05, 0.1) is 17.1 Å². The zero-order valence-corrected chi connectivity index (χ0v) is 11.5. The van der Waals surface area contributed by atoms with Gasteiger partial charge < -0.3 is 5.73 Å². The number of sulfone groups is 1. The van der Waals surface area contributed by atoms with Crippen molar-refractivity contribution < 1.29 is 21.6 Å². The average Bonchev–Trinajstić information content (AvgIpc) is 2.36. The van der Waals surface area contributed by atoms with Gasteiger partial charge in [0.1, 0.15) is 0 Å². The molecule has 0 aromatic heterocycles. The standard InChI is InChI=1S/C13H16F3NO2S/c14-13(15,16)11-5-3-9(4-6-11)12(17)10-2-1-7-20(18,19)8-10/h3-6,10,12H,1-2,7-8,17H2. The van der Waals surface area contributed by atoms with Crippen molar-refractivity contribution in [3.8, 4) is 0 Å². The second kappa shape index (κ2) is 5.37. The molecule has 1 aromatic rings. The van der Waals surface area contributed by atoms with Crippen LogP contribution in [0.2, 0.25) is 0 Å². The minimum atomic E-state index is -4.38. The van der Waals surface area contributed by atoms with E-state index in [2.05, 4.69) is 0 Å². The van der Waals surface area contributed by atoms with E-state index in [1.165, 1.54) is 12.1 Å². The Kier molecular flexibility index (Phi) is 4.11. The Morgan fingerprint density at radius 2 is 1.80 bits per heavy atom.